The number of carbonyl (C=O) groups excluding carboxylic acids is 1. The molecule has 0 fully saturated rings. The summed E-state index contributed by atoms with van der Waals surface area (Å²) in [5.41, 5.74) is 0.353. The predicted octanol–water partition coefficient (Wildman–Crippen LogP) is 1.65. The van der Waals surface area contributed by atoms with Gasteiger partial charge in [0, 0.05) is 6.54 Å². The molecule has 0 aromatic heterocycles. The van der Waals surface area contributed by atoms with Crippen LogP contribution in [0.25, 0.3) is 0 Å². The van der Waals surface area contributed by atoms with Gasteiger partial charge in [-0.3, -0.25) is 4.79 Å². The van der Waals surface area contributed by atoms with Crippen molar-refractivity contribution in [1.82, 2.24) is 5.32 Å². The zero-order valence-corrected chi connectivity index (χ0v) is 11.1. The van der Waals surface area contributed by atoms with Crippen LogP contribution in [-0.2, 0) is 9.53 Å². The number of rotatable bonds is 5. The fourth-order valence-electron chi connectivity index (χ4n) is 1.48. The third kappa shape index (κ3) is 5.80. The second kappa shape index (κ2) is 6.52. The Morgan fingerprint density at radius 1 is 1.33 bits per heavy atom. The number of aliphatic hydroxyl groups is 1. The summed E-state index contributed by atoms with van der Waals surface area (Å²) in [5, 5.41) is 12.7. The first kappa shape index (κ1) is 14.7. The van der Waals surface area contributed by atoms with Crippen LogP contribution < -0.4 is 5.32 Å². The van der Waals surface area contributed by atoms with Crippen LogP contribution in [0, 0.1) is 0 Å². The van der Waals surface area contributed by atoms with Gasteiger partial charge < -0.3 is 15.2 Å². The quantitative estimate of drug-likeness (QED) is 0.781. The Hall–Kier alpha value is -1.39. The molecule has 1 rings (SSSR count). The van der Waals surface area contributed by atoms with Crippen LogP contribution in [0.1, 0.15) is 32.4 Å². The van der Waals surface area contributed by atoms with E-state index in [-0.39, 0.29) is 12.5 Å². The molecular formula is C14H21NO3. The number of hydrogen-bond acceptors (Lipinski definition) is 4. The van der Waals surface area contributed by atoms with Crippen LogP contribution in [-0.4, -0.2) is 29.8 Å². The summed E-state index contributed by atoms with van der Waals surface area (Å²) in [7, 11) is 0. The molecule has 0 aliphatic rings. The summed E-state index contributed by atoms with van der Waals surface area (Å²) < 4.78 is 5.14. The number of aliphatic hydroxyl groups excluding tert-OH is 1. The van der Waals surface area contributed by atoms with E-state index in [4.69, 9.17) is 4.74 Å². The van der Waals surface area contributed by atoms with Crippen molar-refractivity contribution in [2.75, 3.05) is 13.1 Å². The Kier molecular flexibility index (Phi) is 5.31. The standard InChI is InChI=1S/C14H21NO3/c1-14(2,3)18-13(17)10-15-9-12(16)11-7-5-4-6-8-11/h4-8,12,15-16H,9-10H2,1-3H3. The summed E-state index contributed by atoms with van der Waals surface area (Å²) in [6.45, 7) is 5.89. The highest BCUT2D eigenvalue weighted by atomic mass is 16.6. The molecule has 2 N–H and O–H groups in total. The molecule has 0 aliphatic heterocycles. The van der Waals surface area contributed by atoms with E-state index in [1.54, 1.807) is 0 Å². The van der Waals surface area contributed by atoms with E-state index in [0.29, 0.717) is 6.54 Å². The van der Waals surface area contributed by atoms with Crippen LogP contribution in [0.3, 0.4) is 0 Å². The maximum absolute atomic E-state index is 11.4. The van der Waals surface area contributed by atoms with Crippen LogP contribution in [0.2, 0.25) is 0 Å². The molecule has 1 aromatic carbocycles. The van der Waals surface area contributed by atoms with Gasteiger partial charge in [0.05, 0.1) is 12.6 Å². The first-order chi connectivity index (χ1) is 8.38. The van der Waals surface area contributed by atoms with E-state index in [9.17, 15) is 9.90 Å². The first-order valence-corrected chi connectivity index (χ1v) is 6.04. The minimum atomic E-state index is -0.617. The van der Waals surface area contributed by atoms with E-state index in [0.717, 1.165) is 5.56 Å². The van der Waals surface area contributed by atoms with Gasteiger partial charge in [-0.05, 0) is 26.3 Å². The molecule has 4 heteroatoms. The molecule has 0 saturated heterocycles. The fourth-order valence-corrected chi connectivity index (χ4v) is 1.48. The molecule has 1 atom stereocenters. The lowest BCUT2D eigenvalue weighted by Gasteiger charge is -2.20. The van der Waals surface area contributed by atoms with Crippen molar-refractivity contribution in [3.8, 4) is 0 Å². The lowest BCUT2D eigenvalue weighted by molar-refractivity contribution is -0.153. The Balaban J connectivity index is 2.28. The van der Waals surface area contributed by atoms with Crippen molar-refractivity contribution >= 4 is 5.97 Å². The van der Waals surface area contributed by atoms with Gasteiger partial charge in [0.15, 0.2) is 0 Å². The van der Waals surface area contributed by atoms with E-state index < -0.39 is 11.7 Å². The average molecular weight is 251 g/mol. The van der Waals surface area contributed by atoms with Gasteiger partial charge in [-0.15, -0.1) is 0 Å². The number of esters is 1. The first-order valence-electron chi connectivity index (χ1n) is 6.04. The van der Waals surface area contributed by atoms with Crippen molar-refractivity contribution < 1.29 is 14.6 Å². The summed E-state index contributed by atoms with van der Waals surface area (Å²) in [5.74, 6) is -0.317. The van der Waals surface area contributed by atoms with Crippen molar-refractivity contribution in [2.24, 2.45) is 0 Å². The largest absolute Gasteiger partial charge is 0.459 e. The van der Waals surface area contributed by atoms with E-state index >= 15 is 0 Å². The molecule has 0 saturated carbocycles. The summed E-state index contributed by atoms with van der Waals surface area (Å²) in [4.78, 5) is 11.4. The Bertz CT molecular complexity index is 370. The van der Waals surface area contributed by atoms with Crippen LogP contribution in [0.15, 0.2) is 30.3 Å². The number of hydrogen-bond donors (Lipinski definition) is 2. The average Bonchev–Trinajstić information content (AvgIpc) is 2.27. The lowest BCUT2D eigenvalue weighted by atomic mass is 10.1. The van der Waals surface area contributed by atoms with Crippen molar-refractivity contribution in [2.45, 2.75) is 32.5 Å². The van der Waals surface area contributed by atoms with E-state index in [1.807, 2.05) is 51.1 Å². The molecule has 0 aliphatic carbocycles. The zero-order chi connectivity index (χ0) is 13.6. The van der Waals surface area contributed by atoms with Gasteiger partial charge in [-0.2, -0.15) is 0 Å². The second-order valence-electron chi connectivity index (χ2n) is 5.14. The summed E-state index contributed by atoms with van der Waals surface area (Å²) >= 11 is 0. The number of carbonyl (C=O) groups is 1. The van der Waals surface area contributed by atoms with Crippen molar-refractivity contribution in [3.05, 3.63) is 35.9 Å². The Labute approximate surface area is 108 Å². The third-order valence-electron chi connectivity index (χ3n) is 2.21. The predicted molar refractivity (Wildman–Crippen MR) is 70.1 cm³/mol. The maximum Gasteiger partial charge on any atom is 0.320 e. The Morgan fingerprint density at radius 2 is 1.94 bits per heavy atom. The van der Waals surface area contributed by atoms with E-state index in [1.165, 1.54) is 0 Å². The number of ether oxygens (including phenoxy) is 1. The van der Waals surface area contributed by atoms with Gasteiger partial charge in [0.2, 0.25) is 0 Å². The lowest BCUT2D eigenvalue weighted by Crippen LogP contribution is -2.33. The van der Waals surface area contributed by atoms with Crippen molar-refractivity contribution in [1.29, 1.82) is 0 Å². The molecule has 0 amide bonds. The molecule has 0 bridgehead atoms. The molecule has 1 aromatic rings. The van der Waals surface area contributed by atoms with Gasteiger partial charge in [0.25, 0.3) is 0 Å². The van der Waals surface area contributed by atoms with Crippen molar-refractivity contribution in [3.63, 3.8) is 0 Å². The minimum Gasteiger partial charge on any atom is -0.459 e. The summed E-state index contributed by atoms with van der Waals surface area (Å²) in [6.07, 6.45) is -0.617. The Morgan fingerprint density at radius 3 is 2.50 bits per heavy atom. The van der Waals surface area contributed by atoms with Crippen LogP contribution in [0.4, 0.5) is 0 Å². The molecule has 0 spiro atoms. The topological polar surface area (TPSA) is 58.6 Å². The highest BCUT2D eigenvalue weighted by Gasteiger charge is 2.16. The normalized spacial score (nSPS) is 13.1. The zero-order valence-electron chi connectivity index (χ0n) is 11.1. The molecule has 1 unspecified atom stereocenters. The van der Waals surface area contributed by atoms with Gasteiger partial charge in [-0.1, -0.05) is 30.3 Å². The smallest absolute Gasteiger partial charge is 0.320 e. The SMILES string of the molecule is CC(C)(C)OC(=O)CNCC(O)c1ccccc1. The monoisotopic (exact) mass is 251 g/mol. The van der Waals surface area contributed by atoms with Crippen LogP contribution >= 0.6 is 0 Å². The van der Waals surface area contributed by atoms with Gasteiger partial charge in [-0.25, -0.2) is 0 Å². The minimum absolute atomic E-state index is 0.0984. The highest BCUT2D eigenvalue weighted by molar-refractivity contribution is 5.72. The number of nitrogens with one attached hydrogen (secondary N) is 1. The molecular weight excluding hydrogens is 230 g/mol. The molecule has 4 nitrogen and oxygen atoms in total. The summed E-state index contributed by atoms with van der Waals surface area (Å²) in [6, 6.07) is 9.32. The maximum atomic E-state index is 11.4. The molecule has 0 heterocycles. The van der Waals surface area contributed by atoms with Crippen LogP contribution in [0.5, 0.6) is 0 Å². The second-order valence-corrected chi connectivity index (χ2v) is 5.14. The highest BCUT2D eigenvalue weighted by Crippen LogP contribution is 2.10. The third-order valence-corrected chi connectivity index (χ3v) is 2.21. The van der Waals surface area contributed by atoms with Gasteiger partial charge in [0.1, 0.15) is 5.60 Å². The van der Waals surface area contributed by atoms with E-state index in [2.05, 4.69) is 5.32 Å². The molecule has 0 radical (unpaired) electrons. The fraction of sp³-hybridized carbons (Fsp3) is 0.500. The molecule has 100 valence electrons. The van der Waals surface area contributed by atoms with Gasteiger partial charge >= 0.3 is 5.97 Å². The molecule has 18 heavy (non-hydrogen) atoms. The number of benzene rings is 1.